The van der Waals surface area contributed by atoms with E-state index >= 15 is 4.79 Å². The zero-order valence-corrected chi connectivity index (χ0v) is 27.9. The molecule has 0 aromatic heterocycles. The average molecular weight is 608 g/mol. The minimum Gasteiger partial charge on any atom is -0.394 e. The molecule has 0 bridgehead atoms. The lowest BCUT2D eigenvalue weighted by molar-refractivity contribution is -0.150. The zero-order valence-electron chi connectivity index (χ0n) is 27.0. The van der Waals surface area contributed by atoms with E-state index in [4.69, 9.17) is 0 Å². The van der Waals surface area contributed by atoms with Gasteiger partial charge >= 0.3 is 0 Å². The minimum atomic E-state index is -0.944. The first-order valence-electron chi connectivity index (χ1n) is 15.8. The molecule has 1 spiro atoms. The fraction of sp³-hybridized carbons (Fsp3) is 0.629. The van der Waals surface area contributed by atoms with Crippen molar-refractivity contribution in [3.63, 3.8) is 0 Å². The second-order valence-electron chi connectivity index (χ2n) is 15.0. The van der Waals surface area contributed by atoms with Gasteiger partial charge in [-0.1, -0.05) is 83.5 Å². The van der Waals surface area contributed by atoms with Crippen LogP contribution in [0.4, 0.5) is 5.69 Å². The molecule has 8 heteroatoms. The highest BCUT2D eigenvalue weighted by Crippen LogP contribution is 2.66. The summed E-state index contributed by atoms with van der Waals surface area (Å²) in [6.07, 6.45) is 9.78. The van der Waals surface area contributed by atoms with Gasteiger partial charge in [0.1, 0.15) is 6.04 Å². The van der Waals surface area contributed by atoms with Gasteiger partial charge in [0.25, 0.3) is 0 Å². The Morgan fingerprint density at radius 2 is 1.60 bits per heavy atom. The molecular formula is C35H49N3O4S. The molecule has 0 saturated carbocycles. The maximum absolute atomic E-state index is 15.0. The Kier molecular flexibility index (Phi) is 8.21. The Morgan fingerprint density at radius 1 is 0.953 bits per heavy atom. The standard InChI is InChI=1S/C35H49N3O4S/c1-9-23(2)25(21-39)38-28-31(42)37(33(6,7)22-32(3,4)5)20-14-18-35(28)27(30(38)41)26-29(40)36(24-15-11-10-12-16-24)19-13-17-34(26,8)43-35/h10-18,23,25-28,39H,9,19-22H2,1-8H3/t23-,25-,26+,27-,28?,34-,35-/m0/s1. The van der Waals surface area contributed by atoms with Crippen molar-refractivity contribution in [2.45, 2.75) is 95.3 Å². The highest BCUT2D eigenvalue weighted by atomic mass is 32.2. The maximum atomic E-state index is 15.0. The van der Waals surface area contributed by atoms with E-state index in [0.29, 0.717) is 13.1 Å². The summed E-state index contributed by atoms with van der Waals surface area (Å²) >= 11 is 1.60. The Balaban J connectivity index is 1.67. The van der Waals surface area contributed by atoms with Gasteiger partial charge in [-0.15, -0.1) is 11.8 Å². The predicted octanol–water partition coefficient (Wildman–Crippen LogP) is 5.30. The fourth-order valence-electron chi connectivity index (χ4n) is 8.41. The number of rotatable bonds is 7. The van der Waals surface area contributed by atoms with Crippen LogP contribution in [0.3, 0.4) is 0 Å². The highest BCUT2D eigenvalue weighted by molar-refractivity contribution is 8.02. The van der Waals surface area contributed by atoms with E-state index in [1.54, 1.807) is 21.6 Å². The number of benzene rings is 1. The summed E-state index contributed by atoms with van der Waals surface area (Å²) in [6, 6.07) is 8.25. The van der Waals surface area contributed by atoms with Crippen LogP contribution in [0.5, 0.6) is 0 Å². The Morgan fingerprint density at radius 3 is 2.21 bits per heavy atom. The first kappa shape index (κ1) is 31.8. The van der Waals surface area contributed by atoms with Crippen LogP contribution in [-0.2, 0) is 14.4 Å². The number of carbonyl (C=O) groups excluding carboxylic acids is 3. The largest absolute Gasteiger partial charge is 0.394 e. The lowest BCUT2D eigenvalue weighted by Gasteiger charge is -2.46. The van der Waals surface area contributed by atoms with Gasteiger partial charge in [0.2, 0.25) is 17.7 Å². The van der Waals surface area contributed by atoms with Gasteiger partial charge in [0, 0.05) is 29.1 Å². The van der Waals surface area contributed by atoms with Crippen LogP contribution in [0.2, 0.25) is 0 Å². The number of hydrogen-bond acceptors (Lipinski definition) is 5. The predicted molar refractivity (Wildman–Crippen MR) is 174 cm³/mol. The van der Waals surface area contributed by atoms with Gasteiger partial charge < -0.3 is 19.8 Å². The molecule has 7 nitrogen and oxygen atoms in total. The lowest BCUT2D eigenvalue weighted by atomic mass is 9.74. The molecule has 7 atom stereocenters. The van der Waals surface area contributed by atoms with Crippen molar-refractivity contribution in [3.05, 3.63) is 54.6 Å². The Labute approximate surface area is 261 Å². The number of aliphatic hydroxyl groups is 1. The smallest absolute Gasteiger partial charge is 0.247 e. The van der Waals surface area contributed by atoms with Crippen LogP contribution in [0, 0.1) is 23.2 Å². The molecular weight excluding hydrogens is 558 g/mol. The summed E-state index contributed by atoms with van der Waals surface area (Å²) in [7, 11) is 0. The SMILES string of the molecule is CC[C@H](C)[C@H](CO)N1C(=O)[C@@H]2[C@@H]3C(=O)N(c4ccccc4)CC=C[C@]3(C)S[C@@]23C=CCN(C(C)(C)CC(C)(C)C)C(=O)C13. The maximum Gasteiger partial charge on any atom is 0.247 e. The van der Waals surface area contributed by atoms with E-state index in [2.05, 4.69) is 53.7 Å². The van der Waals surface area contributed by atoms with Gasteiger partial charge in [0.05, 0.1) is 29.2 Å². The van der Waals surface area contributed by atoms with E-state index in [9.17, 15) is 14.7 Å². The number of thioether (sulfide) groups is 1. The number of aliphatic hydroxyl groups excluding tert-OH is 1. The number of nitrogens with zero attached hydrogens (tertiary/aromatic N) is 3. The van der Waals surface area contributed by atoms with E-state index < -0.39 is 39.0 Å². The minimum absolute atomic E-state index is 0.0174. The van der Waals surface area contributed by atoms with Crippen molar-refractivity contribution in [3.8, 4) is 0 Å². The molecule has 4 heterocycles. The molecule has 0 aliphatic carbocycles. The summed E-state index contributed by atoms with van der Waals surface area (Å²) in [5.41, 5.74) is 0.304. The van der Waals surface area contributed by atoms with Crippen LogP contribution >= 0.6 is 11.8 Å². The van der Waals surface area contributed by atoms with Gasteiger partial charge in [-0.25, -0.2) is 0 Å². The monoisotopic (exact) mass is 607 g/mol. The lowest BCUT2D eigenvalue weighted by Crippen LogP contribution is -2.61. The molecule has 4 aliphatic rings. The van der Waals surface area contributed by atoms with Crippen molar-refractivity contribution in [2.24, 2.45) is 23.2 Å². The van der Waals surface area contributed by atoms with Crippen molar-refractivity contribution in [2.75, 3.05) is 24.6 Å². The van der Waals surface area contributed by atoms with Crippen LogP contribution in [0.15, 0.2) is 54.6 Å². The number of likely N-dealkylation sites (tertiary alicyclic amines) is 1. The van der Waals surface area contributed by atoms with Crippen molar-refractivity contribution >= 4 is 35.2 Å². The molecule has 5 rings (SSSR count). The molecule has 1 N–H and O–H groups in total. The van der Waals surface area contributed by atoms with E-state index in [1.807, 2.05) is 61.2 Å². The fourth-order valence-corrected chi connectivity index (χ4v) is 10.6. The van der Waals surface area contributed by atoms with E-state index in [1.165, 1.54) is 0 Å². The quantitative estimate of drug-likeness (QED) is 0.426. The van der Waals surface area contributed by atoms with Gasteiger partial charge in [-0.3, -0.25) is 14.4 Å². The van der Waals surface area contributed by atoms with E-state index in [0.717, 1.165) is 18.5 Å². The second kappa shape index (κ2) is 11.1. The summed E-state index contributed by atoms with van der Waals surface area (Å²) in [4.78, 5) is 50.0. The topological polar surface area (TPSA) is 81.2 Å². The molecule has 4 aliphatic heterocycles. The molecule has 0 radical (unpaired) electrons. The normalized spacial score (nSPS) is 32.3. The van der Waals surface area contributed by atoms with Crippen LogP contribution < -0.4 is 4.90 Å². The van der Waals surface area contributed by atoms with Crippen molar-refractivity contribution in [1.29, 1.82) is 0 Å². The van der Waals surface area contributed by atoms with Crippen LogP contribution in [0.1, 0.15) is 68.2 Å². The average Bonchev–Trinajstić information content (AvgIpc) is 3.19. The van der Waals surface area contributed by atoms with Gasteiger partial charge in [0.15, 0.2) is 0 Å². The Bertz CT molecular complexity index is 1320. The number of carbonyl (C=O) groups is 3. The van der Waals surface area contributed by atoms with Crippen molar-refractivity contribution < 1.29 is 19.5 Å². The first-order valence-corrected chi connectivity index (χ1v) is 16.6. The third kappa shape index (κ3) is 5.16. The third-order valence-corrected chi connectivity index (χ3v) is 11.9. The summed E-state index contributed by atoms with van der Waals surface area (Å²) in [6.45, 7) is 17.5. The first-order chi connectivity index (χ1) is 20.1. The number of para-hydroxylation sites is 1. The summed E-state index contributed by atoms with van der Waals surface area (Å²) in [5.74, 6) is -1.82. The molecule has 2 saturated heterocycles. The molecule has 3 amide bonds. The van der Waals surface area contributed by atoms with Gasteiger partial charge in [-0.2, -0.15) is 0 Å². The highest BCUT2D eigenvalue weighted by Gasteiger charge is 2.75. The zero-order chi connectivity index (χ0) is 31.5. The molecule has 43 heavy (non-hydrogen) atoms. The second-order valence-corrected chi connectivity index (χ2v) is 16.8. The van der Waals surface area contributed by atoms with Crippen molar-refractivity contribution in [1.82, 2.24) is 9.80 Å². The Hall–Kier alpha value is -2.58. The van der Waals surface area contributed by atoms with Crippen LogP contribution in [0.25, 0.3) is 0 Å². The number of hydrogen-bond donors (Lipinski definition) is 1. The molecule has 1 aromatic rings. The molecule has 1 unspecified atom stereocenters. The third-order valence-electron chi connectivity index (χ3n) is 10.1. The van der Waals surface area contributed by atoms with E-state index in [-0.39, 0.29) is 35.7 Å². The number of fused-ring (bicyclic) bond motifs is 2. The summed E-state index contributed by atoms with van der Waals surface area (Å²) in [5, 5.41) is 10.7. The molecule has 1 aromatic carbocycles. The molecule has 2 fully saturated rings. The summed E-state index contributed by atoms with van der Waals surface area (Å²) < 4.78 is -1.63. The van der Waals surface area contributed by atoms with Gasteiger partial charge in [-0.05, 0) is 50.7 Å². The van der Waals surface area contributed by atoms with Crippen LogP contribution in [-0.4, -0.2) is 79.4 Å². The number of anilines is 1. The molecule has 234 valence electrons. The number of amides is 3.